The fourth-order valence-corrected chi connectivity index (χ4v) is 4.74. The quantitative estimate of drug-likeness (QED) is 0.334. The molecule has 4 atom stereocenters. The molecule has 9 nitrogen and oxygen atoms in total. The molecule has 34 heavy (non-hydrogen) atoms. The summed E-state index contributed by atoms with van der Waals surface area (Å²) in [6, 6.07) is 6.72. The van der Waals surface area contributed by atoms with Crippen LogP contribution < -0.4 is 10.1 Å². The highest BCUT2D eigenvalue weighted by Crippen LogP contribution is 2.30. The normalized spacial score (nSPS) is 24.4. The van der Waals surface area contributed by atoms with Crippen molar-refractivity contribution >= 4 is 34.4 Å². The molecule has 2 aliphatic rings. The van der Waals surface area contributed by atoms with E-state index in [2.05, 4.69) is 27.9 Å². The molecule has 1 heterocycles. The number of rotatable bonds is 11. The molecular weight excluding hydrogens is 555 g/mol. The molecule has 1 aliphatic heterocycles. The van der Waals surface area contributed by atoms with Crippen LogP contribution >= 0.6 is 22.6 Å². The van der Waals surface area contributed by atoms with Gasteiger partial charge < -0.3 is 34.6 Å². The van der Waals surface area contributed by atoms with Gasteiger partial charge in [0.1, 0.15) is 18.0 Å². The van der Waals surface area contributed by atoms with Gasteiger partial charge in [-0.05, 0) is 53.6 Å². The van der Waals surface area contributed by atoms with Crippen molar-refractivity contribution in [3.8, 4) is 5.75 Å². The van der Waals surface area contributed by atoms with Gasteiger partial charge in [0.15, 0.2) is 0 Å². The van der Waals surface area contributed by atoms with Gasteiger partial charge in [-0.2, -0.15) is 0 Å². The third-order valence-corrected chi connectivity index (χ3v) is 6.87. The van der Waals surface area contributed by atoms with Crippen molar-refractivity contribution in [2.45, 2.75) is 50.0 Å². The van der Waals surface area contributed by atoms with Crippen LogP contribution in [0.5, 0.6) is 5.75 Å². The molecule has 0 spiro atoms. The number of amides is 2. The van der Waals surface area contributed by atoms with Crippen LogP contribution in [0.3, 0.4) is 0 Å². The maximum Gasteiger partial charge on any atom is 0.247 e. The number of halogens is 1. The number of ether oxygens (including phenoxy) is 3. The summed E-state index contributed by atoms with van der Waals surface area (Å²) >= 11 is 2.15. The number of nitrogens with zero attached hydrogens (tertiary/aromatic N) is 1. The number of aliphatic hydroxyl groups is 2. The third kappa shape index (κ3) is 7.14. The maximum absolute atomic E-state index is 13.2. The SMILES string of the molecule is COCCC(=O)N(C[C@@H]1CCCO1)[C@@H]1CC(C(=O)NCCO)=C[C@H](Oc2ccccc2I)[C@H]1O. The van der Waals surface area contributed by atoms with E-state index in [9.17, 15) is 14.7 Å². The van der Waals surface area contributed by atoms with Gasteiger partial charge in [-0.3, -0.25) is 9.59 Å². The fourth-order valence-electron chi connectivity index (χ4n) is 4.23. The number of aliphatic hydroxyl groups excluding tert-OH is 2. The van der Waals surface area contributed by atoms with Crippen molar-refractivity contribution in [1.82, 2.24) is 10.2 Å². The van der Waals surface area contributed by atoms with E-state index in [1.807, 2.05) is 18.2 Å². The summed E-state index contributed by atoms with van der Waals surface area (Å²) in [5, 5.41) is 23.1. The smallest absolute Gasteiger partial charge is 0.247 e. The maximum atomic E-state index is 13.2. The second kappa shape index (κ2) is 13.4. The Morgan fingerprint density at radius 1 is 1.32 bits per heavy atom. The molecule has 0 saturated carbocycles. The lowest BCUT2D eigenvalue weighted by Gasteiger charge is -2.41. The van der Waals surface area contributed by atoms with Gasteiger partial charge in [0.05, 0.1) is 35.4 Å². The molecule has 0 aromatic heterocycles. The lowest BCUT2D eigenvalue weighted by atomic mass is 9.87. The fraction of sp³-hybridized carbons (Fsp3) is 0.583. The predicted molar refractivity (Wildman–Crippen MR) is 133 cm³/mol. The molecule has 1 saturated heterocycles. The summed E-state index contributed by atoms with van der Waals surface area (Å²) in [7, 11) is 1.53. The molecule has 2 amide bonds. The Morgan fingerprint density at radius 3 is 2.79 bits per heavy atom. The first-order valence-corrected chi connectivity index (χ1v) is 12.6. The molecular formula is C24H33IN2O7. The zero-order valence-electron chi connectivity index (χ0n) is 19.3. The zero-order chi connectivity index (χ0) is 24.5. The number of hydrogen-bond acceptors (Lipinski definition) is 7. The molecule has 3 N–H and O–H groups in total. The lowest BCUT2D eigenvalue weighted by molar-refractivity contribution is -0.141. The van der Waals surface area contributed by atoms with Gasteiger partial charge in [0.2, 0.25) is 11.8 Å². The van der Waals surface area contributed by atoms with E-state index in [0.717, 1.165) is 16.4 Å². The summed E-state index contributed by atoms with van der Waals surface area (Å²) in [6.07, 6.45) is 1.67. The summed E-state index contributed by atoms with van der Waals surface area (Å²) in [5.74, 6) is 0.0470. The molecule has 1 aliphatic carbocycles. The van der Waals surface area contributed by atoms with Crippen molar-refractivity contribution in [1.29, 1.82) is 0 Å². The molecule has 0 bridgehead atoms. The zero-order valence-corrected chi connectivity index (χ0v) is 21.5. The van der Waals surface area contributed by atoms with E-state index in [1.54, 1.807) is 17.0 Å². The number of benzene rings is 1. The number of hydrogen-bond donors (Lipinski definition) is 3. The van der Waals surface area contributed by atoms with Crippen LogP contribution in [0.15, 0.2) is 35.9 Å². The summed E-state index contributed by atoms with van der Waals surface area (Å²) in [5.41, 5.74) is 0.400. The molecule has 10 heteroatoms. The minimum absolute atomic E-state index is 0.109. The Morgan fingerprint density at radius 2 is 2.12 bits per heavy atom. The second-order valence-electron chi connectivity index (χ2n) is 8.37. The Hall–Kier alpha value is -1.73. The van der Waals surface area contributed by atoms with Crippen molar-refractivity contribution < 1.29 is 34.0 Å². The number of carbonyl (C=O) groups is 2. The van der Waals surface area contributed by atoms with Gasteiger partial charge in [0.25, 0.3) is 0 Å². The van der Waals surface area contributed by atoms with Gasteiger partial charge in [-0.25, -0.2) is 0 Å². The van der Waals surface area contributed by atoms with Crippen LogP contribution in [-0.4, -0.2) is 91.3 Å². The minimum atomic E-state index is -1.06. The van der Waals surface area contributed by atoms with Gasteiger partial charge >= 0.3 is 0 Å². The van der Waals surface area contributed by atoms with E-state index >= 15 is 0 Å². The van der Waals surface area contributed by atoms with Crippen LogP contribution in [0.2, 0.25) is 0 Å². The number of nitrogens with one attached hydrogen (secondary N) is 1. The molecule has 1 fully saturated rings. The number of para-hydroxylation sites is 1. The van der Waals surface area contributed by atoms with Crippen molar-refractivity contribution in [3.05, 3.63) is 39.5 Å². The first-order chi connectivity index (χ1) is 16.4. The summed E-state index contributed by atoms with van der Waals surface area (Å²) in [4.78, 5) is 27.6. The summed E-state index contributed by atoms with van der Waals surface area (Å²) < 4.78 is 17.9. The largest absolute Gasteiger partial charge is 0.482 e. The van der Waals surface area contributed by atoms with Crippen LogP contribution in [0, 0.1) is 3.57 Å². The van der Waals surface area contributed by atoms with Crippen molar-refractivity contribution in [2.75, 3.05) is 40.0 Å². The van der Waals surface area contributed by atoms with E-state index in [1.165, 1.54) is 7.11 Å². The van der Waals surface area contributed by atoms with E-state index in [4.69, 9.17) is 19.3 Å². The molecule has 0 radical (unpaired) electrons. The van der Waals surface area contributed by atoms with E-state index in [0.29, 0.717) is 24.5 Å². The first kappa shape index (κ1) is 26.9. The molecule has 3 rings (SSSR count). The Labute approximate surface area is 213 Å². The lowest BCUT2D eigenvalue weighted by Crippen LogP contribution is -2.56. The monoisotopic (exact) mass is 588 g/mol. The minimum Gasteiger partial charge on any atom is -0.482 e. The van der Waals surface area contributed by atoms with Crippen LogP contribution in [0.25, 0.3) is 0 Å². The highest BCUT2D eigenvalue weighted by molar-refractivity contribution is 14.1. The van der Waals surface area contributed by atoms with Crippen molar-refractivity contribution in [3.63, 3.8) is 0 Å². The van der Waals surface area contributed by atoms with Crippen LogP contribution in [0.1, 0.15) is 25.7 Å². The summed E-state index contributed by atoms with van der Waals surface area (Å²) in [6.45, 7) is 1.15. The second-order valence-corrected chi connectivity index (χ2v) is 9.53. The molecule has 0 unspecified atom stereocenters. The highest BCUT2D eigenvalue weighted by Gasteiger charge is 2.41. The predicted octanol–water partition coefficient (Wildman–Crippen LogP) is 1.25. The number of methoxy groups -OCH3 is 1. The Bertz CT molecular complexity index is 859. The van der Waals surface area contributed by atoms with E-state index in [-0.39, 0.29) is 50.5 Å². The highest BCUT2D eigenvalue weighted by atomic mass is 127. The molecule has 1 aromatic rings. The third-order valence-electron chi connectivity index (χ3n) is 5.98. The molecule has 188 valence electrons. The van der Waals surface area contributed by atoms with Crippen molar-refractivity contribution in [2.24, 2.45) is 0 Å². The average molecular weight is 588 g/mol. The van der Waals surface area contributed by atoms with Crippen LogP contribution in [-0.2, 0) is 19.1 Å². The van der Waals surface area contributed by atoms with Crippen LogP contribution in [0.4, 0.5) is 0 Å². The first-order valence-electron chi connectivity index (χ1n) is 11.5. The number of carbonyl (C=O) groups excluding carboxylic acids is 2. The van der Waals surface area contributed by atoms with Gasteiger partial charge in [-0.1, -0.05) is 12.1 Å². The Balaban J connectivity index is 1.90. The Kier molecular flexibility index (Phi) is 10.6. The average Bonchev–Trinajstić information content (AvgIpc) is 3.35. The van der Waals surface area contributed by atoms with E-state index < -0.39 is 18.2 Å². The standard InChI is InChI=1S/C24H33IN2O7/c1-32-12-8-22(29)27(15-17-5-4-11-33-17)19-13-16(24(31)26-9-10-28)14-21(23(19)30)34-20-7-3-2-6-18(20)25/h2-3,6-7,14,17,19,21,23,28,30H,4-5,8-13,15H2,1H3,(H,26,31)/t17-,19+,21-,23-/m0/s1. The van der Waals surface area contributed by atoms with Gasteiger partial charge in [-0.15, -0.1) is 0 Å². The molecule has 1 aromatic carbocycles. The topological polar surface area (TPSA) is 118 Å². The van der Waals surface area contributed by atoms with Gasteiger partial charge in [0, 0.05) is 38.8 Å².